The van der Waals surface area contributed by atoms with E-state index < -0.39 is 0 Å². The number of aromatic amines is 1. The summed E-state index contributed by atoms with van der Waals surface area (Å²) in [5.41, 5.74) is 5.06. The lowest BCUT2D eigenvalue weighted by Gasteiger charge is -2.20. The molecule has 0 fully saturated rings. The summed E-state index contributed by atoms with van der Waals surface area (Å²) in [6, 6.07) is 30.3. The van der Waals surface area contributed by atoms with E-state index >= 15 is 0 Å². The van der Waals surface area contributed by atoms with Gasteiger partial charge in [0.1, 0.15) is 5.75 Å². The number of carbonyl (C=O) groups excluding carboxylic acids is 1. The maximum Gasteiger partial charge on any atom is 0.305 e. The number of H-pyrrole nitrogens is 1. The molecule has 0 atom stereocenters. The molecule has 1 N–H and O–H groups in total. The molecule has 38 heavy (non-hydrogen) atoms. The number of aryl methyl sites for hydroxylation is 2. The third-order valence-electron chi connectivity index (χ3n) is 6.37. The first-order chi connectivity index (χ1) is 18.6. The highest BCUT2D eigenvalue weighted by atomic mass is 16.5. The van der Waals surface area contributed by atoms with Crippen molar-refractivity contribution in [1.82, 2.24) is 10.2 Å². The molecule has 0 bridgehead atoms. The zero-order valence-corrected chi connectivity index (χ0v) is 21.8. The van der Waals surface area contributed by atoms with Crippen molar-refractivity contribution < 1.29 is 14.3 Å². The van der Waals surface area contributed by atoms with Gasteiger partial charge in [-0.25, -0.2) is 5.10 Å². The molecule has 196 valence electrons. The average Bonchev–Trinajstić information content (AvgIpc) is 2.94. The molecule has 0 aliphatic heterocycles. The summed E-state index contributed by atoms with van der Waals surface area (Å²) in [4.78, 5) is 23.7. The lowest BCUT2D eigenvalue weighted by Crippen LogP contribution is -2.17. The molecule has 4 aromatic rings. The Balaban J connectivity index is 1.44. The predicted octanol–water partition coefficient (Wildman–Crippen LogP) is 5.85. The van der Waals surface area contributed by atoms with Crippen LogP contribution in [0.3, 0.4) is 0 Å². The van der Waals surface area contributed by atoms with E-state index in [0.717, 1.165) is 53.0 Å². The Morgan fingerprint density at radius 1 is 0.868 bits per heavy atom. The zero-order valence-electron chi connectivity index (χ0n) is 21.8. The van der Waals surface area contributed by atoms with Crippen LogP contribution < -0.4 is 10.3 Å². The van der Waals surface area contributed by atoms with Gasteiger partial charge in [0.2, 0.25) is 0 Å². The highest BCUT2D eigenvalue weighted by molar-refractivity contribution is 5.69. The number of ether oxygens (including phenoxy) is 2. The molecule has 6 heteroatoms. The fourth-order valence-electron chi connectivity index (χ4n) is 4.61. The van der Waals surface area contributed by atoms with E-state index in [0.29, 0.717) is 26.1 Å². The summed E-state index contributed by atoms with van der Waals surface area (Å²) < 4.78 is 10.8. The number of nitrogens with zero attached hydrogens (tertiary/aromatic N) is 1. The van der Waals surface area contributed by atoms with Crippen LogP contribution in [0.5, 0.6) is 5.75 Å². The van der Waals surface area contributed by atoms with Crippen molar-refractivity contribution >= 4 is 5.97 Å². The molecule has 0 radical (unpaired) electrons. The zero-order chi connectivity index (χ0) is 26.6. The Hall–Kier alpha value is -4.19. The first kappa shape index (κ1) is 26.9. The van der Waals surface area contributed by atoms with Crippen molar-refractivity contribution in [1.29, 1.82) is 0 Å². The van der Waals surface area contributed by atoms with E-state index in [-0.39, 0.29) is 17.4 Å². The minimum absolute atomic E-state index is 0.0735. The molecule has 4 rings (SSSR count). The van der Waals surface area contributed by atoms with Crippen LogP contribution >= 0.6 is 0 Å². The van der Waals surface area contributed by atoms with Gasteiger partial charge in [-0.05, 0) is 67.0 Å². The lowest BCUT2D eigenvalue weighted by atomic mass is 9.85. The van der Waals surface area contributed by atoms with E-state index in [1.165, 1.54) is 0 Å². The van der Waals surface area contributed by atoms with Crippen LogP contribution in [0, 0.1) is 0 Å². The molecule has 0 saturated carbocycles. The summed E-state index contributed by atoms with van der Waals surface area (Å²) in [6.07, 6.45) is 3.40. The van der Waals surface area contributed by atoms with Gasteiger partial charge in [-0.1, -0.05) is 72.8 Å². The second-order valence-corrected chi connectivity index (χ2v) is 9.16. The van der Waals surface area contributed by atoms with E-state index in [1.807, 2.05) is 54.6 Å². The third kappa shape index (κ3) is 7.65. The Bertz CT molecular complexity index is 1310. The number of esters is 1. The number of benzene rings is 3. The third-order valence-corrected chi connectivity index (χ3v) is 6.37. The normalized spacial score (nSPS) is 10.9. The highest BCUT2D eigenvalue weighted by Crippen LogP contribution is 2.32. The van der Waals surface area contributed by atoms with E-state index in [2.05, 4.69) is 40.5 Å². The first-order valence-corrected chi connectivity index (χ1v) is 13.2. The predicted molar refractivity (Wildman–Crippen MR) is 149 cm³/mol. The molecule has 1 aromatic heterocycles. The number of hydrogen-bond acceptors (Lipinski definition) is 5. The summed E-state index contributed by atoms with van der Waals surface area (Å²) in [6.45, 7) is 2.66. The number of nitrogens with one attached hydrogen (secondary N) is 1. The standard InChI is InChI=1S/C32H34N2O4/c1-2-37-30(36)20-11-21-38-28-19-10-13-24(22-28)12-9-18-27-23-29(35)33-34-32(27)31(25-14-5-3-6-15-25)26-16-7-4-8-17-26/h3-8,10,13-17,19,22-23,31H,2,9,11-12,18,20-21H2,1H3,(H,33,35). The van der Waals surface area contributed by atoms with Crippen LogP contribution in [-0.2, 0) is 22.4 Å². The summed E-state index contributed by atoms with van der Waals surface area (Å²) in [5, 5.41) is 7.21. The molecular weight excluding hydrogens is 476 g/mol. The number of carbonyl (C=O) groups is 1. The average molecular weight is 511 g/mol. The highest BCUT2D eigenvalue weighted by Gasteiger charge is 2.21. The molecule has 0 amide bonds. The monoisotopic (exact) mass is 510 g/mol. The van der Waals surface area contributed by atoms with Gasteiger partial charge in [-0.15, -0.1) is 0 Å². The van der Waals surface area contributed by atoms with Crippen LogP contribution in [0.4, 0.5) is 0 Å². The van der Waals surface area contributed by atoms with Crippen molar-refractivity contribution in [2.75, 3.05) is 13.2 Å². The van der Waals surface area contributed by atoms with Crippen LogP contribution in [0.25, 0.3) is 0 Å². The van der Waals surface area contributed by atoms with Gasteiger partial charge in [-0.2, -0.15) is 5.10 Å². The molecule has 0 aliphatic carbocycles. The molecule has 0 aliphatic rings. The summed E-state index contributed by atoms with van der Waals surface area (Å²) >= 11 is 0. The number of rotatable bonds is 13. The fraction of sp³-hybridized carbons (Fsp3) is 0.281. The maximum absolute atomic E-state index is 12.3. The molecular formula is C32H34N2O4. The van der Waals surface area contributed by atoms with E-state index in [1.54, 1.807) is 13.0 Å². The Morgan fingerprint density at radius 2 is 1.58 bits per heavy atom. The summed E-state index contributed by atoms with van der Waals surface area (Å²) in [5.74, 6) is 0.522. The van der Waals surface area contributed by atoms with Gasteiger partial charge >= 0.3 is 5.97 Å². The lowest BCUT2D eigenvalue weighted by molar-refractivity contribution is -0.143. The van der Waals surface area contributed by atoms with Crippen molar-refractivity contribution in [3.63, 3.8) is 0 Å². The first-order valence-electron chi connectivity index (χ1n) is 13.2. The van der Waals surface area contributed by atoms with E-state index in [4.69, 9.17) is 9.47 Å². The Morgan fingerprint density at radius 3 is 2.26 bits per heavy atom. The number of aromatic nitrogens is 2. The Kier molecular flexibility index (Phi) is 9.85. The second kappa shape index (κ2) is 13.9. The summed E-state index contributed by atoms with van der Waals surface area (Å²) in [7, 11) is 0. The molecule has 6 nitrogen and oxygen atoms in total. The second-order valence-electron chi connectivity index (χ2n) is 9.16. The maximum atomic E-state index is 12.3. The van der Waals surface area contributed by atoms with Crippen molar-refractivity contribution in [3.05, 3.63) is 129 Å². The minimum atomic E-state index is -0.194. The largest absolute Gasteiger partial charge is 0.494 e. The molecule has 3 aromatic carbocycles. The molecule has 0 unspecified atom stereocenters. The molecule has 1 heterocycles. The van der Waals surface area contributed by atoms with Crippen LogP contribution in [-0.4, -0.2) is 29.4 Å². The topological polar surface area (TPSA) is 81.3 Å². The molecule has 0 spiro atoms. The van der Waals surface area contributed by atoms with Gasteiger partial charge in [0.15, 0.2) is 0 Å². The van der Waals surface area contributed by atoms with Gasteiger partial charge < -0.3 is 9.47 Å². The minimum Gasteiger partial charge on any atom is -0.494 e. The van der Waals surface area contributed by atoms with Gasteiger partial charge in [-0.3, -0.25) is 9.59 Å². The van der Waals surface area contributed by atoms with Crippen molar-refractivity contribution in [2.45, 2.75) is 44.9 Å². The van der Waals surface area contributed by atoms with Crippen LogP contribution in [0.1, 0.15) is 60.1 Å². The Labute approximate surface area is 223 Å². The van der Waals surface area contributed by atoms with Gasteiger partial charge in [0.05, 0.1) is 24.8 Å². The fourth-order valence-corrected chi connectivity index (χ4v) is 4.61. The van der Waals surface area contributed by atoms with Gasteiger partial charge in [0, 0.05) is 12.5 Å². The van der Waals surface area contributed by atoms with Crippen molar-refractivity contribution in [2.24, 2.45) is 0 Å². The van der Waals surface area contributed by atoms with Crippen molar-refractivity contribution in [3.8, 4) is 5.75 Å². The number of hydrogen-bond donors (Lipinski definition) is 1. The van der Waals surface area contributed by atoms with Crippen LogP contribution in [0.2, 0.25) is 0 Å². The smallest absolute Gasteiger partial charge is 0.305 e. The van der Waals surface area contributed by atoms with Crippen LogP contribution in [0.15, 0.2) is 95.8 Å². The molecule has 0 saturated heterocycles. The SMILES string of the molecule is CCOC(=O)CCCOc1cccc(CCCc2cc(=O)[nH]nc2C(c2ccccc2)c2ccccc2)c1. The quantitative estimate of drug-likeness (QED) is 0.180. The van der Waals surface area contributed by atoms with Gasteiger partial charge in [0.25, 0.3) is 5.56 Å². The van der Waals surface area contributed by atoms with E-state index in [9.17, 15) is 9.59 Å².